The molecule has 1 aromatic heterocycles. The van der Waals surface area contributed by atoms with Crippen molar-refractivity contribution in [2.24, 2.45) is 23.2 Å². The van der Waals surface area contributed by atoms with E-state index in [1.165, 1.54) is 50.3 Å². The number of aryl methyl sites for hydroxylation is 1. The van der Waals surface area contributed by atoms with Crippen molar-refractivity contribution < 1.29 is 4.79 Å². The highest BCUT2D eigenvalue weighted by Crippen LogP contribution is 2.61. The number of amides is 1. The number of anilines is 1. The van der Waals surface area contributed by atoms with Crippen LogP contribution in [0.4, 0.5) is 5.69 Å². The molecule has 4 bridgehead atoms. The second-order valence-electron chi connectivity index (χ2n) is 10.0. The highest BCUT2D eigenvalue weighted by atomic mass is 32.2. The number of thioether (sulfide) groups is 1. The first-order valence-corrected chi connectivity index (χ1v) is 12.5. The van der Waals surface area contributed by atoms with Gasteiger partial charge in [-0.3, -0.25) is 4.79 Å². The molecule has 1 heterocycles. The quantitative estimate of drug-likeness (QED) is 0.453. The third-order valence-electron chi connectivity index (χ3n) is 7.55. The Morgan fingerprint density at radius 3 is 2.52 bits per heavy atom. The molecule has 0 spiro atoms. The summed E-state index contributed by atoms with van der Waals surface area (Å²) in [7, 11) is 0. The maximum absolute atomic E-state index is 12.5. The van der Waals surface area contributed by atoms with Crippen molar-refractivity contribution in [3.8, 4) is 0 Å². The van der Waals surface area contributed by atoms with Crippen molar-refractivity contribution in [1.29, 1.82) is 0 Å². The molecule has 4 aliphatic carbocycles. The van der Waals surface area contributed by atoms with Gasteiger partial charge in [0.2, 0.25) is 5.91 Å². The van der Waals surface area contributed by atoms with Crippen LogP contribution in [0.5, 0.6) is 0 Å². The SMILES string of the molecule is C=CCn1c(CC23CC4CC(CC(C4)C2)C3)nnc1SCC(=O)Nc1ccccc1C. The summed E-state index contributed by atoms with van der Waals surface area (Å²) in [6, 6.07) is 7.85. The summed E-state index contributed by atoms with van der Waals surface area (Å²) >= 11 is 1.46. The molecule has 0 unspecified atom stereocenters. The number of carbonyl (C=O) groups is 1. The Morgan fingerprint density at radius 1 is 1.19 bits per heavy atom. The van der Waals surface area contributed by atoms with Crippen LogP contribution in [-0.4, -0.2) is 26.4 Å². The van der Waals surface area contributed by atoms with Crippen molar-refractivity contribution in [3.05, 3.63) is 48.3 Å². The second kappa shape index (κ2) is 8.45. The summed E-state index contributed by atoms with van der Waals surface area (Å²) in [6.45, 7) is 6.63. The summed E-state index contributed by atoms with van der Waals surface area (Å²) < 4.78 is 2.18. The highest BCUT2D eigenvalue weighted by molar-refractivity contribution is 7.99. The van der Waals surface area contributed by atoms with Crippen LogP contribution in [0.15, 0.2) is 42.1 Å². The number of rotatable bonds is 8. The van der Waals surface area contributed by atoms with Gasteiger partial charge in [0.15, 0.2) is 5.16 Å². The van der Waals surface area contributed by atoms with E-state index in [-0.39, 0.29) is 5.91 Å². The Bertz CT molecular complexity index is 946. The van der Waals surface area contributed by atoms with Crippen molar-refractivity contribution >= 4 is 23.4 Å². The van der Waals surface area contributed by atoms with E-state index in [0.717, 1.165) is 46.4 Å². The maximum Gasteiger partial charge on any atom is 0.234 e. The molecule has 6 heteroatoms. The molecule has 0 radical (unpaired) electrons. The lowest BCUT2D eigenvalue weighted by Gasteiger charge is -2.56. The summed E-state index contributed by atoms with van der Waals surface area (Å²) in [6.07, 6.45) is 11.4. The van der Waals surface area contributed by atoms with E-state index in [4.69, 9.17) is 0 Å². The topological polar surface area (TPSA) is 59.8 Å². The Balaban J connectivity index is 1.27. The van der Waals surface area contributed by atoms with E-state index in [0.29, 0.717) is 17.7 Å². The molecule has 4 aliphatic rings. The zero-order chi connectivity index (χ0) is 21.4. The van der Waals surface area contributed by atoms with E-state index < -0.39 is 0 Å². The lowest BCUT2D eigenvalue weighted by molar-refractivity contribution is -0.113. The van der Waals surface area contributed by atoms with Gasteiger partial charge in [-0.2, -0.15) is 0 Å². The van der Waals surface area contributed by atoms with E-state index in [2.05, 4.69) is 26.7 Å². The number of benzene rings is 1. The van der Waals surface area contributed by atoms with E-state index >= 15 is 0 Å². The molecule has 0 aliphatic heterocycles. The molecule has 4 saturated carbocycles. The van der Waals surface area contributed by atoms with Crippen molar-refractivity contribution in [2.75, 3.05) is 11.1 Å². The number of hydrogen-bond donors (Lipinski definition) is 1. The zero-order valence-electron chi connectivity index (χ0n) is 18.3. The predicted molar refractivity (Wildman–Crippen MR) is 125 cm³/mol. The van der Waals surface area contributed by atoms with Gasteiger partial charge in [0, 0.05) is 18.7 Å². The van der Waals surface area contributed by atoms with Gasteiger partial charge in [-0.1, -0.05) is 36.0 Å². The summed E-state index contributed by atoms with van der Waals surface area (Å²) in [5.41, 5.74) is 2.35. The molecule has 5 nitrogen and oxygen atoms in total. The largest absolute Gasteiger partial charge is 0.325 e. The number of para-hydroxylation sites is 1. The minimum atomic E-state index is -0.0184. The fourth-order valence-electron chi connectivity index (χ4n) is 6.74. The molecule has 1 aromatic carbocycles. The third kappa shape index (κ3) is 4.32. The van der Waals surface area contributed by atoms with Gasteiger partial charge in [-0.25, -0.2) is 0 Å². The molecular formula is C25H32N4OS. The van der Waals surface area contributed by atoms with Gasteiger partial charge in [0.25, 0.3) is 0 Å². The third-order valence-corrected chi connectivity index (χ3v) is 8.52. The van der Waals surface area contributed by atoms with Crippen molar-refractivity contribution in [1.82, 2.24) is 14.8 Å². The van der Waals surface area contributed by atoms with Crippen LogP contribution >= 0.6 is 11.8 Å². The Hall–Kier alpha value is -2.08. The first-order valence-electron chi connectivity index (χ1n) is 11.5. The minimum absolute atomic E-state index is 0.0184. The molecule has 31 heavy (non-hydrogen) atoms. The second-order valence-corrected chi connectivity index (χ2v) is 11.0. The van der Waals surface area contributed by atoms with Crippen LogP contribution < -0.4 is 5.32 Å². The first-order chi connectivity index (χ1) is 15.0. The predicted octanol–water partition coefficient (Wildman–Crippen LogP) is 5.26. The van der Waals surface area contributed by atoms with Crippen LogP contribution in [0.25, 0.3) is 0 Å². The Morgan fingerprint density at radius 2 is 1.87 bits per heavy atom. The molecule has 0 atom stereocenters. The van der Waals surface area contributed by atoms with Crippen LogP contribution in [-0.2, 0) is 17.8 Å². The van der Waals surface area contributed by atoms with E-state index in [1.807, 2.05) is 37.3 Å². The number of allylic oxidation sites excluding steroid dienone is 1. The van der Waals surface area contributed by atoms with Gasteiger partial charge in [0.05, 0.1) is 5.75 Å². The lowest BCUT2D eigenvalue weighted by Crippen LogP contribution is -2.47. The number of carbonyl (C=O) groups excluding carboxylic acids is 1. The van der Waals surface area contributed by atoms with Gasteiger partial charge in [-0.15, -0.1) is 16.8 Å². The van der Waals surface area contributed by atoms with Crippen LogP contribution in [0.3, 0.4) is 0 Å². The molecule has 6 rings (SSSR count). The average Bonchev–Trinajstić information content (AvgIpc) is 3.08. The molecule has 4 fully saturated rings. The molecular weight excluding hydrogens is 404 g/mol. The number of aromatic nitrogens is 3. The summed E-state index contributed by atoms with van der Waals surface area (Å²) in [5.74, 6) is 4.17. The van der Waals surface area contributed by atoms with E-state index in [1.54, 1.807) is 0 Å². The van der Waals surface area contributed by atoms with Gasteiger partial charge in [0.1, 0.15) is 5.82 Å². The number of nitrogens with one attached hydrogen (secondary N) is 1. The van der Waals surface area contributed by atoms with Gasteiger partial charge < -0.3 is 9.88 Å². The smallest absolute Gasteiger partial charge is 0.234 e. The van der Waals surface area contributed by atoms with Gasteiger partial charge in [-0.05, 0) is 80.2 Å². The zero-order valence-corrected chi connectivity index (χ0v) is 19.2. The average molecular weight is 437 g/mol. The van der Waals surface area contributed by atoms with Crippen molar-refractivity contribution in [2.45, 2.75) is 63.6 Å². The Labute approximate surface area is 189 Å². The van der Waals surface area contributed by atoms with Crippen LogP contribution in [0, 0.1) is 30.1 Å². The van der Waals surface area contributed by atoms with E-state index in [9.17, 15) is 4.79 Å². The van der Waals surface area contributed by atoms with Crippen LogP contribution in [0.1, 0.15) is 49.9 Å². The van der Waals surface area contributed by atoms with Crippen molar-refractivity contribution in [3.63, 3.8) is 0 Å². The fraction of sp³-hybridized carbons (Fsp3) is 0.560. The molecule has 1 N–H and O–H groups in total. The molecule has 1 amide bonds. The fourth-order valence-corrected chi connectivity index (χ4v) is 7.51. The maximum atomic E-state index is 12.5. The minimum Gasteiger partial charge on any atom is -0.325 e. The summed E-state index contributed by atoms with van der Waals surface area (Å²) in [5, 5.41) is 12.9. The first kappa shape index (κ1) is 20.8. The number of nitrogens with zero attached hydrogens (tertiary/aromatic N) is 3. The molecule has 0 saturated heterocycles. The standard InChI is InChI=1S/C25H32N4OS/c1-3-8-29-22(15-25-12-18-9-19(13-25)11-20(10-18)14-25)27-28-24(29)31-16-23(30)26-21-7-5-4-6-17(21)2/h3-7,18-20H,1,8-16H2,2H3,(H,26,30). The Kier molecular flexibility index (Phi) is 5.67. The molecule has 164 valence electrons. The van der Waals surface area contributed by atoms with Crippen LogP contribution in [0.2, 0.25) is 0 Å². The normalized spacial score (nSPS) is 28.6. The highest BCUT2D eigenvalue weighted by Gasteiger charge is 2.51. The lowest BCUT2D eigenvalue weighted by atomic mass is 9.49. The molecule has 2 aromatic rings. The van der Waals surface area contributed by atoms with Gasteiger partial charge >= 0.3 is 0 Å². The monoisotopic (exact) mass is 436 g/mol. The summed E-state index contributed by atoms with van der Waals surface area (Å²) in [4.78, 5) is 12.5. The number of hydrogen-bond acceptors (Lipinski definition) is 4.